The number of aryl methyl sites for hydroxylation is 2. The summed E-state index contributed by atoms with van der Waals surface area (Å²) in [5.74, 6) is 1.06. The van der Waals surface area contributed by atoms with Crippen LogP contribution in [0, 0.1) is 13.8 Å². The molecule has 1 unspecified atom stereocenters. The summed E-state index contributed by atoms with van der Waals surface area (Å²) >= 11 is 0. The van der Waals surface area contributed by atoms with Crippen molar-refractivity contribution in [1.29, 1.82) is 0 Å². The van der Waals surface area contributed by atoms with E-state index in [2.05, 4.69) is 10.1 Å². The van der Waals surface area contributed by atoms with Crippen LogP contribution >= 0.6 is 0 Å². The van der Waals surface area contributed by atoms with Gasteiger partial charge in [0, 0.05) is 6.04 Å². The second-order valence-corrected chi connectivity index (χ2v) is 5.14. The van der Waals surface area contributed by atoms with Crippen LogP contribution in [-0.2, 0) is 12.6 Å². The van der Waals surface area contributed by atoms with Crippen molar-refractivity contribution >= 4 is 0 Å². The standard InChI is InChI=1S/C14H17F3N4/c1-8(18)6-11-4-5-12(7-13(11)14(15,16)17)21-10(3)19-9(2)20-21/h4-5,7-8H,6,18H2,1-3H3. The number of nitrogens with zero attached hydrogens (tertiary/aromatic N) is 3. The Hall–Kier alpha value is -1.89. The van der Waals surface area contributed by atoms with Crippen LogP contribution in [0.25, 0.3) is 5.69 Å². The van der Waals surface area contributed by atoms with Crippen LogP contribution in [0.4, 0.5) is 13.2 Å². The second-order valence-electron chi connectivity index (χ2n) is 5.14. The molecule has 0 aliphatic rings. The monoisotopic (exact) mass is 298 g/mol. The number of alkyl halides is 3. The first kappa shape index (κ1) is 15.5. The van der Waals surface area contributed by atoms with Gasteiger partial charge < -0.3 is 5.73 Å². The average molecular weight is 298 g/mol. The van der Waals surface area contributed by atoms with Crippen LogP contribution in [0.5, 0.6) is 0 Å². The van der Waals surface area contributed by atoms with Crippen molar-refractivity contribution in [2.24, 2.45) is 5.73 Å². The van der Waals surface area contributed by atoms with E-state index in [1.165, 1.54) is 10.7 Å². The average Bonchev–Trinajstić information content (AvgIpc) is 2.67. The molecule has 0 radical (unpaired) electrons. The third-order valence-corrected chi connectivity index (χ3v) is 3.06. The molecule has 4 nitrogen and oxygen atoms in total. The highest BCUT2D eigenvalue weighted by atomic mass is 19.4. The Morgan fingerprint density at radius 1 is 1.29 bits per heavy atom. The molecule has 0 aliphatic carbocycles. The molecule has 1 atom stereocenters. The van der Waals surface area contributed by atoms with Crippen molar-refractivity contribution in [1.82, 2.24) is 14.8 Å². The Bertz CT molecular complexity index is 644. The maximum atomic E-state index is 13.2. The Labute approximate surface area is 120 Å². The first-order chi connectivity index (χ1) is 9.68. The fourth-order valence-corrected chi connectivity index (χ4v) is 2.25. The number of aromatic nitrogens is 3. The van der Waals surface area contributed by atoms with Crippen LogP contribution in [0.1, 0.15) is 29.7 Å². The summed E-state index contributed by atoms with van der Waals surface area (Å²) in [5, 5.41) is 4.11. The van der Waals surface area contributed by atoms with E-state index in [9.17, 15) is 13.2 Å². The third kappa shape index (κ3) is 3.41. The fourth-order valence-electron chi connectivity index (χ4n) is 2.25. The molecule has 1 aromatic heterocycles. The fraction of sp³-hybridized carbons (Fsp3) is 0.429. The maximum absolute atomic E-state index is 13.2. The van der Waals surface area contributed by atoms with E-state index in [0.29, 0.717) is 17.3 Å². The summed E-state index contributed by atoms with van der Waals surface area (Å²) in [7, 11) is 0. The van der Waals surface area contributed by atoms with E-state index in [4.69, 9.17) is 5.73 Å². The third-order valence-electron chi connectivity index (χ3n) is 3.06. The Morgan fingerprint density at radius 3 is 2.43 bits per heavy atom. The lowest BCUT2D eigenvalue weighted by Gasteiger charge is -2.16. The van der Waals surface area contributed by atoms with Gasteiger partial charge in [-0.2, -0.15) is 18.3 Å². The summed E-state index contributed by atoms with van der Waals surface area (Å²) in [6.07, 6.45) is -4.26. The summed E-state index contributed by atoms with van der Waals surface area (Å²) in [4.78, 5) is 4.10. The highest BCUT2D eigenvalue weighted by Gasteiger charge is 2.34. The minimum Gasteiger partial charge on any atom is -0.328 e. The molecular formula is C14H17F3N4. The van der Waals surface area contributed by atoms with Gasteiger partial charge in [0.25, 0.3) is 0 Å². The Kier molecular flexibility index (Phi) is 4.04. The van der Waals surface area contributed by atoms with Crippen molar-refractivity contribution in [2.45, 2.75) is 39.4 Å². The lowest BCUT2D eigenvalue weighted by atomic mass is 10.00. The van der Waals surface area contributed by atoms with E-state index in [1.807, 2.05) is 0 Å². The van der Waals surface area contributed by atoms with Crippen LogP contribution < -0.4 is 5.73 Å². The van der Waals surface area contributed by atoms with E-state index in [0.717, 1.165) is 6.07 Å². The number of benzene rings is 1. The summed E-state index contributed by atoms with van der Waals surface area (Å²) in [6, 6.07) is 3.82. The number of hydrogen-bond acceptors (Lipinski definition) is 3. The predicted octanol–water partition coefficient (Wildman–Crippen LogP) is 2.79. The number of nitrogens with two attached hydrogens (primary N) is 1. The minimum atomic E-state index is -4.43. The molecule has 0 fully saturated rings. The van der Waals surface area contributed by atoms with Crippen molar-refractivity contribution in [3.63, 3.8) is 0 Å². The SMILES string of the molecule is Cc1nc(C)n(-c2ccc(CC(C)N)c(C(F)(F)F)c2)n1. The molecule has 0 bridgehead atoms. The smallest absolute Gasteiger partial charge is 0.328 e. The molecule has 0 saturated carbocycles. The minimum absolute atomic E-state index is 0.171. The molecule has 7 heteroatoms. The lowest BCUT2D eigenvalue weighted by molar-refractivity contribution is -0.138. The maximum Gasteiger partial charge on any atom is 0.416 e. The van der Waals surface area contributed by atoms with E-state index in [-0.39, 0.29) is 18.0 Å². The molecule has 0 saturated heterocycles. The molecule has 2 rings (SSSR count). The zero-order chi connectivity index (χ0) is 15.8. The van der Waals surface area contributed by atoms with Gasteiger partial charge >= 0.3 is 6.18 Å². The molecule has 0 aliphatic heterocycles. The highest BCUT2D eigenvalue weighted by molar-refractivity contribution is 5.42. The van der Waals surface area contributed by atoms with Gasteiger partial charge in [0.2, 0.25) is 0 Å². The van der Waals surface area contributed by atoms with Gasteiger partial charge in [0.05, 0.1) is 11.3 Å². The molecule has 1 heterocycles. The van der Waals surface area contributed by atoms with Gasteiger partial charge in [-0.3, -0.25) is 0 Å². The molecule has 2 aromatic rings. The van der Waals surface area contributed by atoms with E-state index in [1.54, 1.807) is 26.8 Å². The number of hydrogen-bond donors (Lipinski definition) is 1. The molecular weight excluding hydrogens is 281 g/mol. The van der Waals surface area contributed by atoms with Gasteiger partial charge in [-0.1, -0.05) is 6.07 Å². The quantitative estimate of drug-likeness (QED) is 0.948. The lowest BCUT2D eigenvalue weighted by Crippen LogP contribution is -2.21. The molecule has 1 aromatic carbocycles. The van der Waals surface area contributed by atoms with E-state index >= 15 is 0 Å². The van der Waals surface area contributed by atoms with Crippen LogP contribution in [0.2, 0.25) is 0 Å². The topological polar surface area (TPSA) is 56.7 Å². The predicted molar refractivity (Wildman–Crippen MR) is 73.2 cm³/mol. The van der Waals surface area contributed by atoms with Gasteiger partial charge in [-0.05, 0) is 44.9 Å². The normalized spacial score (nSPS) is 13.5. The van der Waals surface area contributed by atoms with Crippen LogP contribution in [-0.4, -0.2) is 20.8 Å². The largest absolute Gasteiger partial charge is 0.416 e. The van der Waals surface area contributed by atoms with Crippen molar-refractivity contribution in [3.05, 3.63) is 41.0 Å². The zero-order valence-electron chi connectivity index (χ0n) is 12.1. The van der Waals surface area contributed by atoms with Gasteiger partial charge in [-0.25, -0.2) is 9.67 Å². The van der Waals surface area contributed by atoms with Gasteiger partial charge in [-0.15, -0.1) is 0 Å². The van der Waals surface area contributed by atoms with Gasteiger partial charge in [0.15, 0.2) is 0 Å². The molecule has 21 heavy (non-hydrogen) atoms. The molecule has 114 valence electrons. The Morgan fingerprint density at radius 2 is 1.95 bits per heavy atom. The highest BCUT2D eigenvalue weighted by Crippen LogP contribution is 2.34. The molecule has 0 spiro atoms. The first-order valence-corrected chi connectivity index (χ1v) is 6.55. The van der Waals surface area contributed by atoms with Gasteiger partial charge in [0.1, 0.15) is 11.6 Å². The van der Waals surface area contributed by atoms with Crippen molar-refractivity contribution < 1.29 is 13.2 Å². The first-order valence-electron chi connectivity index (χ1n) is 6.55. The van der Waals surface area contributed by atoms with Crippen molar-refractivity contribution in [2.75, 3.05) is 0 Å². The number of halogens is 3. The summed E-state index contributed by atoms with van der Waals surface area (Å²) in [5.41, 5.74) is 5.47. The van der Waals surface area contributed by atoms with E-state index < -0.39 is 11.7 Å². The van der Waals surface area contributed by atoms with Crippen LogP contribution in [0.3, 0.4) is 0 Å². The summed E-state index contributed by atoms with van der Waals surface area (Å²) in [6.45, 7) is 5.07. The van der Waals surface area contributed by atoms with Crippen molar-refractivity contribution in [3.8, 4) is 5.69 Å². The molecule has 2 N–H and O–H groups in total. The molecule has 0 amide bonds. The Balaban J connectivity index is 2.54. The van der Waals surface area contributed by atoms with Crippen LogP contribution in [0.15, 0.2) is 18.2 Å². The second kappa shape index (κ2) is 5.48. The zero-order valence-corrected chi connectivity index (χ0v) is 12.1. The summed E-state index contributed by atoms with van der Waals surface area (Å²) < 4.78 is 41.0. The number of rotatable bonds is 3.